The van der Waals surface area contributed by atoms with E-state index in [1.165, 1.54) is 12.4 Å². The van der Waals surface area contributed by atoms with Gasteiger partial charge in [-0.2, -0.15) is 0 Å². The lowest BCUT2D eigenvalue weighted by Gasteiger charge is -2.06. The van der Waals surface area contributed by atoms with Gasteiger partial charge in [0, 0.05) is 10.2 Å². The van der Waals surface area contributed by atoms with E-state index in [1.54, 1.807) is 18.2 Å². The summed E-state index contributed by atoms with van der Waals surface area (Å²) in [5.41, 5.74) is 6.61. The van der Waals surface area contributed by atoms with E-state index < -0.39 is 0 Å². The predicted molar refractivity (Wildman–Crippen MR) is 76.2 cm³/mol. The third kappa shape index (κ3) is 3.05. The number of nitrogens with one attached hydrogen (secondary N) is 1. The maximum Gasteiger partial charge on any atom is 0.258 e. The molecule has 1 aromatic heterocycles. The molecule has 0 radical (unpaired) electrons. The van der Waals surface area contributed by atoms with Gasteiger partial charge in [0.15, 0.2) is 5.82 Å². The first-order valence-electron chi connectivity index (χ1n) is 4.90. The molecular weight excluding hydrogens is 364 g/mol. The van der Waals surface area contributed by atoms with Gasteiger partial charge in [0.25, 0.3) is 5.91 Å². The van der Waals surface area contributed by atoms with E-state index in [0.29, 0.717) is 26.1 Å². The highest BCUT2D eigenvalue weighted by Gasteiger charge is 2.11. The summed E-state index contributed by atoms with van der Waals surface area (Å²) in [7, 11) is 0. The van der Waals surface area contributed by atoms with Crippen LogP contribution < -0.4 is 11.1 Å². The molecule has 0 aliphatic carbocycles. The van der Waals surface area contributed by atoms with Crippen molar-refractivity contribution in [3.8, 4) is 0 Å². The monoisotopic (exact) mass is 370 g/mol. The average Bonchev–Trinajstić information content (AvgIpc) is 2.35. The Labute approximate surface area is 120 Å². The molecule has 2 rings (SSSR count). The molecule has 0 spiro atoms. The number of carbonyl (C=O) groups excluding carboxylic acids is 1. The van der Waals surface area contributed by atoms with E-state index >= 15 is 0 Å². The van der Waals surface area contributed by atoms with Gasteiger partial charge in [0.05, 0.1) is 18.0 Å². The number of rotatable bonds is 2. The van der Waals surface area contributed by atoms with Crippen LogP contribution in [0.4, 0.5) is 11.5 Å². The Balaban J connectivity index is 2.21. The van der Waals surface area contributed by atoms with Crippen LogP contribution in [-0.4, -0.2) is 15.9 Å². The number of hydrogen-bond acceptors (Lipinski definition) is 4. The summed E-state index contributed by atoms with van der Waals surface area (Å²) in [6.45, 7) is 0. The largest absolute Gasteiger partial charge is 0.399 e. The zero-order valence-corrected chi connectivity index (χ0v) is 12.2. The van der Waals surface area contributed by atoms with Crippen LogP contribution in [0.1, 0.15) is 10.4 Å². The maximum absolute atomic E-state index is 12.0. The molecule has 18 heavy (non-hydrogen) atoms. The topological polar surface area (TPSA) is 80.9 Å². The molecule has 1 amide bonds. The highest BCUT2D eigenvalue weighted by atomic mass is 79.9. The quantitative estimate of drug-likeness (QED) is 0.795. The Kier molecular flexibility index (Phi) is 3.93. The number of aromatic nitrogens is 2. The number of carbonyl (C=O) groups is 1. The summed E-state index contributed by atoms with van der Waals surface area (Å²) in [5.74, 6) is 0.0725. The third-order valence-electron chi connectivity index (χ3n) is 2.10. The van der Waals surface area contributed by atoms with Crippen molar-refractivity contribution in [3.05, 3.63) is 45.2 Å². The SMILES string of the molecule is Nc1ccc(Br)c(C(=O)Nc2cnc(Br)cn2)c1. The highest BCUT2D eigenvalue weighted by Crippen LogP contribution is 2.20. The summed E-state index contributed by atoms with van der Waals surface area (Å²) in [5, 5.41) is 2.63. The molecule has 0 atom stereocenters. The van der Waals surface area contributed by atoms with E-state index in [4.69, 9.17) is 5.73 Å². The van der Waals surface area contributed by atoms with Gasteiger partial charge in [-0.25, -0.2) is 9.97 Å². The Bertz CT molecular complexity index is 586. The van der Waals surface area contributed by atoms with Crippen molar-refractivity contribution in [3.63, 3.8) is 0 Å². The lowest BCUT2D eigenvalue weighted by molar-refractivity contribution is 0.102. The van der Waals surface area contributed by atoms with Gasteiger partial charge in [0.2, 0.25) is 0 Å². The van der Waals surface area contributed by atoms with Crippen LogP contribution in [0.15, 0.2) is 39.7 Å². The molecule has 0 aliphatic heterocycles. The van der Waals surface area contributed by atoms with Crippen molar-refractivity contribution in [2.45, 2.75) is 0 Å². The van der Waals surface area contributed by atoms with Crippen LogP contribution in [-0.2, 0) is 0 Å². The number of nitrogens with two attached hydrogens (primary N) is 1. The number of nitrogen functional groups attached to an aromatic ring is 1. The molecule has 92 valence electrons. The molecule has 0 saturated heterocycles. The van der Waals surface area contributed by atoms with Gasteiger partial charge in [-0.05, 0) is 50.1 Å². The second-order valence-corrected chi connectivity index (χ2v) is 5.08. The van der Waals surface area contributed by atoms with Crippen molar-refractivity contribution >= 4 is 49.3 Å². The number of nitrogens with zero attached hydrogens (tertiary/aromatic N) is 2. The van der Waals surface area contributed by atoms with Gasteiger partial charge in [-0.15, -0.1) is 0 Å². The van der Waals surface area contributed by atoms with E-state index in [1.807, 2.05) is 0 Å². The van der Waals surface area contributed by atoms with Crippen LogP contribution in [0, 0.1) is 0 Å². The number of hydrogen-bond donors (Lipinski definition) is 2. The summed E-state index contributed by atoms with van der Waals surface area (Å²) in [4.78, 5) is 20.0. The lowest BCUT2D eigenvalue weighted by atomic mass is 10.2. The van der Waals surface area contributed by atoms with Gasteiger partial charge in [-0.3, -0.25) is 4.79 Å². The first kappa shape index (κ1) is 13.0. The van der Waals surface area contributed by atoms with E-state index in [9.17, 15) is 4.79 Å². The van der Waals surface area contributed by atoms with Crippen LogP contribution in [0.2, 0.25) is 0 Å². The number of benzene rings is 1. The van der Waals surface area contributed by atoms with E-state index in [-0.39, 0.29) is 5.91 Å². The van der Waals surface area contributed by atoms with Crippen molar-refractivity contribution < 1.29 is 4.79 Å². The average molecular weight is 372 g/mol. The van der Waals surface area contributed by atoms with Crippen LogP contribution >= 0.6 is 31.9 Å². The minimum Gasteiger partial charge on any atom is -0.399 e. The van der Waals surface area contributed by atoms with Crippen LogP contribution in [0.25, 0.3) is 0 Å². The standard InChI is InChI=1S/C11H8Br2N4O/c12-8-2-1-6(14)3-7(8)11(18)17-10-5-15-9(13)4-16-10/h1-5H,14H2,(H,16,17,18). The zero-order chi connectivity index (χ0) is 13.1. The highest BCUT2D eigenvalue weighted by molar-refractivity contribution is 9.10. The lowest BCUT2D eigenvalue weighted by Crippen LogP contribution is -2.14. The van der Waals surface area contributed by atoms with Gasteiger partial charge < -0.3 is 11.1 Å². The molecule has 7 heteroatoms. The molecule has 1 aromatic carbocycles. The molecule has 0 unspecified atom stereocenters. The van der Waals surface area contributed by atoms with E-state index in [0.717, 1.165) is 0 Å². The zero-order valence-electron chi connectivity index (χ0n) is 9.02. The first-order chi connectivity index (χ1) is 8.56. The molecule has 0 bridgehead atoms. The van der Waals surface area contributed by atoms with Crippen molar-refractivity contribution in [2.24, 2.45) is 0 Å². The maximum atomic E-state index is 12.0. The number of anilines is 2. The van der Waals surface area contributed by atoms with Crippen LogP contribution in [0.3, 0.4) is 0 Å². The smallest absolute Gasteiger partial charge is 0.258 e. The molecule has 2 aromatic rings. The fraction of sp³-hybridized carbons (Fsp3) is 0. The van der Waals surface area contributed by atoms with Crippen molar-refractivity contribution in [1.29, 1.82) is 0 Å². The van der Waals surface area contributed by atoms with Crippen molar-refractivity contribution in [1.82, 2.24) is 9.97 Å². The van der Waals surface area contributed by atoms with Gasteiger partial charge >= 0.3 is 0 Å². The summed E-state index contributed by atoms with van der Waals surface area (Å²) < 4.78 is 1.27. The second-order valence-electron chi connectivity index (χ2n) is 3.42. The Morgan fingerprint density at radius 3 is 2.67 bits per heavy atom. The third-order valence-corrected chi connectivity index (χ3v) is 3.20. The first-order valence-corrected chi connectivity index (χ1v) is 6.49. The molecule has 5 nitrogen and oxygen atoms in total. The second kappa shape index (κ2) is 5.45. The van der Waals surface area contributed by atoms with E-state index in [2.05, 4.69) is 47.1 Å². The summed E-state index contributed by atoms with van der Waals surface area (Å²) in [6.07, 6.45) is 2.96. The van der Waals surface area contributed by atoms with Crippen LogP contribution in [0.5, 0.6) is 0 Å². The molecule has 1 heterocycles. The predicted octanol–water partition coefficient (Wildman–Crippen LogP) is 2.84. The summed E-state index contributed by atoms with van der Waals surface area (Å²) in [6, 6.07) is 5.02. The number of amides is 1. The summed E-state index contributed by atoms with van der Waals surface area (Å²) >= 11 is 6.46. The molecule has 0 aliphatic rings. The fourth-order valence-electron chi connectivity index (χ4n) is 1.28. The minimum absolute atomic E-state index is 0.300. The van der Waals surface area contributed by atoms with Gasteiger partial charge in [0.1, 0.15) is 4.60 Å². The number of halogens is 2. The molecule has 3 N–H and O–H groups in total. The normalized spacial score (nSPS) is 10.1. The fourth-order valence-corrected chi connectivity index (χ4v) is 1.91. The Morgan fingerprint density at radius 1 is 1.22 bits per heavy atom. The molecule has 0 saturated carbocycles. The minimum atomic E-state index is -0.300. The van der Waals surface area contributed by atoms with Gasteiger partial charge in [-0.1, -0.05) is 0 Å². The Hall–Kier alpha value is -1.47. The van der Waals surface area contributed by atoms with Crippen molar-refractivity contribution in [2.75, 3.05) is 11.1 Å². The molecular formula is C11H8Br2N4O. The molecule has 0 fully saturated rings. The Morgan fingerprint density at radius 2 is 2.00 bits per heavy atom.